The molecule has 10 heteroatoms. The number of aromatic nitrogens is 3. The molecule has 2 aromatic carbocycles. The molecule has 3 aromatic rings. The van der Waals surface area contributed by atoms with Gasteiger partial charge in [-0.1, -0.05) is 6.07 Å². The van der Waals surface area contributed by atoms with E-state index in [4.69, 9.17) is 23.2 Å². The molecule has 0 amide bonds. The average Bonchev–Trinajstić information content (AvgIpc) is 2.73. The van der Waals surface area contributed by atoms with Gasteiger partial charge >= 0.3 is 0 Å². The second kappa shape index (κ2) is 10.2. The number of quaternary nitrogens is 1. The monoisotopic (exact) mass is 473 g/mol. The molecular weight excluding hydrogens is 447 g/mol. The van der Waals surface area contributed by atoms with Gasteiger partial charge in [-0.15, -0.1) is 5.11 Å². The first-order valence-electron chi connectivity index (χ1n) is 10.3. The summed E-state index contributed by atoms with van der Waals surface area (Å²) in [7, 11) is 6.32. The fraction of sp³-hybridized carbons (Fsp3) is 0.318. The van der Waals surface area contributed by atoms with Crippen LogP contribution in [0.1, 0.15) is 13.8 Å². The van der Waals surface area contributed by atoms with Gasteiger partial charge in [-0.05, 0) is 67.4 Å². The quantitative estimate of drug-likeness (QED) is 0.303. The Labute approximate surface area is 198 Å². The topological polar surface area (TPSA) is 78.7 Å². The summed E-state index contributed by atoms with van der Waals surface area (Å²) in [5.74, 6) is 0.232. The molecule has 1 N–H and O–H groups in total. The molecule has 0 spiro atoms. The van der Waals surface area contributed by atoms with Crippen LogP contribution < -0.4 is 14.7 Å². The molecule has 0 aliphatic carbocycles. The van der Waals surface area contributed by atoms with Gasteiger partial charge in [-0.25, -0.2) is 0 Å². The van der Waals surface area contributed by atoms with Crippen LogP contribution in [-0.2, 0) is 0 Å². The first kappa shape index (κ1) is 23.8. The lowest BCUT2D eigenvalue weighted by atomic mass is 10.2. The van der Waals surface area contributed by atoms with Crippen molar-refractivity contribution < 1.29 is 0 Å². The number of hydrogen-bond donors (Lipinski definition) is 1. The van der Waals surface area contributed by atoms with E-state index in [0.717, 1.165) is 30.2 Å². The van der Waals surface area contributed by atoms with Crippen molar-refractivity contribution in [2.75, 3.05) is 44.4 Å². The van der Waals surface area contributed by atoms with Crippen molar-refractivity contribution in [3.8, 4) is 0 Å². The first-order valence-corrected chi connectivity index (χ1v) is 11.0. The maximum atomic E-state index is 5.94. The lowest BCUT2D eigenvalue weighted by Gasteiger charge is -2.23. The van der Waals surface area contributed by atoms with Gasteiger partial charge < -0.3 is 10.2 Å². The predicted molar refractivity (Wildman–Crippen MR) is 133 cm³/mol. The van der Waals surface area contributed by atoms with Crippen molar-refractivity contribution >= 4 is 57.6 Å². The highest BCUT2D eigenvalue weighted by molar-refractivity contribution is 6.31. The summed E-state index contributed by atoms with van der Waals surface area (Å²) < 4.78 is 0.690. The Bertz CT molecular complexity index is 1090. The zero-order chi connectivity index (χ0) is 23.3. The number of hydrogen-bond acceptors (Lipinski definition) is 7. The Morgan fingerprint density at radius 3 is 2.22 bits per heavy atom. The van der Waals surface area contributed by atoms with E-state index in [2.05, 4.69) is 76.5 Å². The van der Waals surface area contributed by atoms with Crippen LogP contribution in [0.15, 0.2) is 52.7 Å². The largest absolute Gasteiger partial charge is 0.372 e. The normalized spacial score (nSPS) is 11.7. The maximum Gasteiger partial charge on any atom is 0.232 e. The van der Waals surface area contributed by atoms with Gasteiger partial charge in [0.2, 0.25) is 16.5 Å². The molecule has 0 saturated carbocycles. The molecule has 0 radical (unpaired) electrons. The summed E-state index contributed by atoms with van der Waals surface area (Å²) >= 11 is 11.9. The van der Waals surface area contributed by atoms with Crippen molar-refractivity contribution in [2.24, 2.45) is 10.2 Å². The standard InChI is InChI=1S/C22H27Cl2N8/c1-6-31(7-2)16-11-12-18(19(14-16)25-22-27-20(23)26-21(24)28-22)30-29-15-9-8-10-17(13-15)32(3,4)5/h8-14H,6-7H2,1-5H3,(H,25,26,27,28)/q+1. The van der Waals surface area contributed by atoms with E-state index < -0.39 is 0 Å². The zero-order valence-corrected chi connectivity index (χ0v) is 20.4. The summed E-state index contributed by atoms with van der Waals surface area (Å²) in [6.07, 6.45) is 0. The second-order valence-corrected chi connectivity index (χ2v) is 8.60. The summed E-state index contributed by atoms with van der Waals surface area (Å²) in [4.78, 5) is 14.2. The molecule has 1 heterocycles. The van der Waals surface area contributed by atoms with E-state index in [-0.39, 0.29) is 16.5 Å². The van der Waals surface area contributed by atoms with Gasteiger partial charge in [0.15, 0.2) is 0 Å². The van der Waals surface area contributed by atoms with Gasteiger partial charge in [-0.2, -0.15) is 20.1 Å². The third kappa shape index (κ3) is 6.12. The highest BCUT2D eigenvalue weighted by atomic mass is 35.5. The van der Waals surface area contributed by atoms with Crippen LogP contribution in [0.5, 0.6) is 0 Å². The lowest BCUT2D eigenvalue weighted by molar-refractivity contribution is 0.486. The van der Waals surface area contributed by atoms with E-state index in [1.807, 2.05) is 36.4 Å². The first-order chi connectivity index (χ1) is 15.2. The van der Waals surface area contributed by atoms with E-state index >= 15 is 0 Å². The number of halogens is 2. The molecular formula is C22H27Cl2N8+. The zero-order valence-electron chi connectivity index (χ0n) is 18.8. The van der Waals surface area contributed by atoms with E-state index in [0.29, 0.717) is 15.9 Å². The number of anilines is 3. The van der Waals surface area contributed by atoms with Crippen LogP contribution in [-0.4, -0.2) is 49.2 Å². The molecule has 0 unspecified atom stereocenters. The summed E-state index contributed by atoms with van der Waals surface area (Å²) in [6, 6.07) is 13.9. The fourth-order valence-electron chi connectivity index (χ4n) is 3.08. The third-order valence-corrected chi connectivity index (χ3v) is 5.15. The van der Waals surface area contributed by atoms with Crippen LogP contribution in [0.2, 0.25) is 10.6 Å². The molecule has 3 rings (SSSR count). The minimum absolute atomic E-state index is 0.00712. The SMILES string of the molecule is CCN(CC)c1ccc(N=Nc2cccc([N+](C)(C)C)c2)c(Nc2nc(Cl)nc(Cl)n2)c1. The minimum atomic E-state index is 0.00712. The number of azo groups is 1. The second-order valence-electron chi connectivity index (χ2n) is 7.93. The number of nitrogens with one attached hydrogen (secondary N) is 1. The number of nitrogens with zero attached hydrogens (tertiary/aromatic N) is 7. The molecule has 1 aromatic heterocycles. The predicted octanol–water partition coefficient (Wildman–Crippen LogP) is 6.38. The highest BCUT2D eigenvalue weighted by Crippen LogP contribution is 2.34. The van der Waals surface area contributed by atoms with Crippen molar-refractivity contribution in [1.29, 1.82) is 0 Å². The molecule has 32 heavy (non-hydrogen) atoms. The molecule has 0 aliphatic rings. The maximum absolute atomic E-state index is 5.94. The van der Waals surface area contributed by atoms with Crippen molar-refractivity contribution in [2.45, 2.75) is 13.8 Å². The van der Waals surface area contributed by atoms with Gasteiger partial charge in [0, 0.05) is 24.8 Å². The van der Waals surface area contributed by atoms with Gasteiger partial charge in [0.25, 0.3) is 0 Å². The smallest absolute Gasteiger partial charge is 0.232 e. The van der Waals surface area contributed by atoms with Crippen LogP contribution in [0.25, 0.3) is 0 Å². The Morgan fingerprint density at radius 2 is 1.59 bits per heavy atom. The number of rotatable bonds is 8. The Balaban J connectivity index is 1.99. The number of benzene rings is 2. The van der Waals surface area contributed by atoms with Crippen LogP contribution in [0.3, 0.4) is 0 Å². The van der Waals surface area contributed by atoms with E-state index in [1.54, 1.807) is 0 Å². The Kier molecular flexibility index (Phi) is 7.60. The highest BCUT2D eigenvalue weighted by Gasteiger charge is 2.13. The molecule has 0 bridgehead atoms. The average molecular weight is 474 g/mol. The van der Waals surface area contributed by atoms with Crippen molar-refractivity contribution in [3.05, 3.63) is 53.0 Å². The van der Waals surface area contributed by atoms with Gasteiger partial charge in [0.1, 0.15) is 11.4 Å². The Hall–Kier alpha value is -2.81. The van der Waals surface area contributed by atoms with Gasteiger partial charge in [0.05, 0.1) is 32.5 Å². The summed E-state index contributed by atoms with van der Waals surface area (Å²) in [5, 5.41) is 12.1. The fourth-order valence-corrected chi connectivity index (χ4v) is 3.45. The molecule has 0 fully saturated rings. The molecule has 0 aliphatic heterocycles. The molecule has 0 saturated heterocycles. The van der Waals surface area contributed by atoms with E-state index in [9.17, 15) is 0 Å². The molecule has 168 valence electrons. The van der Waals surface area contributed by atoms with Crippen molar-refractivity contribution in [1.82, 2.24) is 19.4 Å². The van der Waals surface area contributed by atoms with Gasteiger partial charge in [-0.3, -0.25) is 4.48 Å². The van der Waals surface area contributed by atoms with Crippen LogP contribution >= 0.6 is 23.2 Å². The minimum Gasteiger partial charge on any atom is -0.372 e. The van der Waals surface area contributed by atoms with E-state index in [1.165, 1.54) is 0 Å². The lowest BCUT2D eigenvalue weighted by Crippen LogP contribution is -2.34. The van der Waals surface area contributed by atoms with Crippen molar-refractivity contribution in [3.63, 3.8) is 0 Å². The third-order valence-electron chi connectivity index (χ3n) is 4.81. The molecule has 0 atom stereocenters. The van der Waals surface area contributed by atoms with Crippen LogP contribution in [0.4, 0.5) is 34.4 Å². The summed E-state index contributed by atoms with van der Waals surface area (Å²) in [5.41, 5.74) is 4.24. The molecule has 8 nitrogen and oxygen atoms in total. The van der Waals surface area contributed by atoms with Crippen LogP contribution in [0, 0.1) is 0 Å². The summed E-state index contributed by atoms with van der Waals surface area (Å²) in [6.45, 7) is 5.96. The Morgan fingerprint density at radius 1 is 0.906 bits per heavy atom.